The van der Waals surface area contributed by atoms with E-state index in [0.29, 0.717) is 0 Å². The molecule has 2 aromatic rings. The molecule has 0 heterocycles. The lowest BCUT2D eigenvalue weighted by Crippen LogP contribution is -2.04. The maximum atomic E-state index is 5.16. The molecule has 0 saturated heterocycles. The predicted molar refractivity (Wildman–Crippen MR) is 88.2 cm³/mol. The van der Waals surface area contributed by atoms with Crippen molar-refractivity contribution in [3.63, 3.8) is 0 Å². The van der Waals surface area contributed by atoms with Crippen LogP contribution in [0.4, 0.5) is 5.69 Å². The van der Waals surface area contributed by atoms with E-state index in [1.165, 1.54) is 22.4 Å². The largest absolute Gasteiger partial charge is 0.384 e. The van der Waals surface area contributed by atoms with E-state index in [2.05, 4.69) is 70.6 Å². The van der Waals surface area contributed by atoms with Crippen LogP contribution in [0, 0.1) is 6.92 Å². The number of para-hydroxylation sites is 1. The fourth-order valence-electron chi connectivity index (χ4n) is 2.07. The quantitative estimate of drug-likeness (QED) is 0.836. The Morgan fingerprint density at radius 2 is 1.95 bits per heavy atom. The Bertz CT molecular complexity index is 569. The second kappa shape index (κ2) is 7.46. The highest BCUT2D eigenvalue weighted by Crippen LogP contribution is 2.20. The molecule has 0 aromatic heterocycles. The van der Waals surface area contributed by atoms with E-state index in [0.717, 1.165) is 24.0 Å². The molecule has 2 rings (SSSR count). The van der Waals surface area contributed by atoms with Crippen LogP contribution < -0.4 is 5.32 Å². The van der Waals surface area contributed by atoms with Crippen molar-refractivity contribution in [3.8, 4) is 0 Å². The van der Waals surface area contributed by atoms with Crippen molar-refractivity contribution in [2.45, 2.75) is 19.9 Å². The minimum Gasteiger partial charge on any atom is -0.384 e. The molecule has 0 spiro atoms. The maximum absolute atomic E-state index is 5.16. The number of rotatable bonds is 6. The van der Waals surface area contributed by atoms with Crippen LogP contribution in [-0.2, 0) is 17.7 Å². The smallest absolute Gasteiger partial charge is 0.0503 e. The van der Waals surface area contributed by atoms with Gasteiger partial charge in [-0.2, -0.15) is 0 Å². The van der Waals surface area contributed by atoms with Crippen molar-refractivity contribution < 1.29 is 4.74 Å². The lowest BCUT2D eigenvalue weighted by molar-refractivity contribution is 0.202. The van der Waals surface area contributed by atoms with Crippen molar-refractivity contribution in [3.05, 3.63) is 63.6 Å². The average Bonchev–Trinajstić information content (AvgIpc) is 2.47. The molecule has 2 nitrogen and oxygen atoms in total. The zero-order valence-corrected chi connectivity index (χ0v) is 13.5. The van der Waals surface area contributed by atoms with Crippen LogP contribution in [0.15, 0.2) is 46.9 Å². The van der Waals surface area contributed by atoms with Gasteiger partial charge in [-0.1, -0.05) is 46.3 Å². The summed E-state index contributed by atoms with van der Waals surface area (Å²) in [6, 6.07) is 14.9. The number of methoxy groups -OCH3 is 1. The summed E-state index contributed by atoms with van der Waals surface area (Å²) in [5, 5.41) is 3.51. The van der Waals surface area contributed by atoms with Gasteiger partial charge in [0.25, 0.3) is 0 Å². The number of ether oxygens (including phenoxy) is 1. The molecule has 0 aliphatic heterocycles. The zero-order chi connectivity index (χ0) is 14.4. The van der Waals surface area contributed by atoms with Crippen LogP contribution in [0.3, 0.4) is 0 Å². The van der Waals surface area contributed by atoms with Gasteiger partial charge in [0, 0.05) is 23.8 Å². The molecule has 3 heteroatoms. The molecule has 0 bridgehead atoms. The van der Waals surface area contributed by atoms with Crippen LogP contribution in [-0.4, -0.2) is 13.7 Å². The minimum atomic E-state index is 0.745. The fraction of sp³-hybridized carbons (Fsp3) is 0.294. The number of hydrogen-bond acceptors (Lipinski definition) is 2. The molecule has 0 aliphatic rings. The Hall–Kier alpha value is -1.32. The summed E-state index contributed by atoms with van der Waals surface area (Å²) in [5.74, 6) is 0. The van der Waals surface area contributed by atoms with Gasteiger partial charge in [0.05, 0.1) is 6.61 Å². The molecule has 2 aromatic carbocycles. The molecule has 0 saturated carbocycles. The van der Waals surface area contributed by atoms with Gasteiger partial charge in [0.1, 0.15) is 0 Å². The second-order valence-corrected chi connectivity index (χ2v) is 5.69. The zero-order valence-electron chi connectivity index (χ0n) is 11.9. The molecule has 0 fully saturated rings. The van der Waals surface area contributed by atoms with Gasteiger partial charge >= 0.3 is 0 Å². The first-order chi connectivity index (χ1) is 9.70. The molecule has 1 N–H and O–H groups in total. The summed E-state index contributed by atoms with van der Waals surface area (Å²) < 4.78 is 6.32. The summed E-state index contributed by atoms with van der Waals surface area (Å²) in [6.45, 7) is 3.67. The molecule has 0 radical (unpaired) electrons. The lowest BCUT2D eigenvalue weighted by Gasteiger charge is -2.12. The Labute approximate surface area is 129 Å². The van der Waals surface area contributed by atoms with Crippen LogP contribution >= 0.6 is 15.9 Å². The highest BCUT2D eigenvalue weighted by molar-refractivity contribution is 9.10. The number of anilines is 1. The molecule has 0 amide bonds. The summed E-state index contributed by atoms with van der Waals surface area (Å²) >= 11 is 3.58. The van der Waals surface area contributed by atoms with Gasteiger partial charge < -0.3 is 10.1 Å². The molecular weight excluding hydrogens is 314 g/mol. The average molecular weight is 334 g/mol. The van der Waals surface area contributed by atoms with Gasteiger partial charge in [-0.05, 0) is 42.2 Å². The van der Waals surface area contributed by atoms with Gasteiger partial charge in [0.2, 0.25) is 0 Å². The Morgan fingerprint density at radius 1 is 1.15 bits per heavy atom. The second-order valence-electron chi connectivity index (χ2n) is 4.84. The number of aryl methyl sites for hydroxylation is 1. The van der Waals surface area contributed by atoms with Crippen LogP contribution in [0.25, 0.3) is 0 Å². The van der Waals surface area contributed by atoms with Gasteiger partial charge in [-0.15, -0.1) is 0 Å². The van der Waals surface area contributed by atoms with Gasteiger partial charge in [0.15, 0.2) is 0 Å². The molecule has 0 atom stereocenters. The van der Waals surface area contributed by atoms with Crippen molar-refractivity contribution in [2.75, 3.05) is 19.0 Å². The maximum Gasteiger partial charge on any atom is 0.0503 e. The first-order valence-corrected chi connectivity index (χ1v) is 7.55. The molecule has 0 aliphatic carbocycles. The van der Waals surface area contributed by atoms with E-state index in [1.807, 2.05) is 0 Å². The normalized spacial score (nSPS) is 10.6. The van der Waals surface area contributed by atoms with Gasteiger partial charge in [-0.25, -0.2) is 0 Å². The van der Waals surface area contributed by atoms with E-state index >= 15 is 0 Å². The minimum absolute atomic E-state index is 0.745. The first kappa shape index (κ1) is 15.1. The molecule has 0 unspecified atom stereocenters. The Kier molecular flexibility index (Phi) is 5.62. The summed E-state index contributed by atoms with van der Waals surface area (Å²) in [4.78, 5) is 0. The lowest BCUT2D eigenvalue weighted by atomic mass is 10.1. The van der Waals surface area contributed by atoms with Crippen molar-refractivity contribution in [2.24, 2.45) is 0 Å². The summed E-state index contributed by atoms with van der Waals surface area (Å²) in [6.07, 6.45) is 0.928. The first-order valence-electron chi connectivity index (χ1n) is 6.76. The number of benzene rings is 2. The van der Waals surface area contributed by atoms with E-state index in [-0.39, 0.29) is 0 Å². The van der Waals surface area contributed by atoms with Crippen LogP contribution in [0.1, 0.15) is 16.7 Å². The SMILES string of the molecule is COCCc1ccccc1NCc1ccc(C)c(Br)c1. The molecular formula is C17H20BrNO. The van der Waals surface area contributed by atoms with Crippen molar-refractivity contribution >= 4 is 21.6 Å². The number of halogens is 1. The third kappa shape index (κ3) is 4.09. The highest BCUT2D eigenvalue weighted by Gasteiger charge is 2.02. The topological polar surface area (TPSA) is 21.3 Å². The van der Waals surface area contributed by atoms with Crippen molar-refractivity contribution in [1.29, 1.82) is 0 Å². The molecule has 106 valence electrons. The predicted octanol–water partition coefficient (Wildman–Crippen LogP) is 4.56. The van der Waals surface area contributed by atoms with Crippen LogP contribution in [0.2, 0.25) is 0 Å². The van der Waals surface area contributed by atoms with Crippen molar-refractivity contribution in [1.82, 2.24) is 0 Å². The highest BCUT2D eigenvalue weighted by atomic mass is 79.9. The standard InChI is InChI=1S/C17H20BrNO/c1-13-7-8-14(11-16(13)18)12-19-17-6-4-3-5-15(17)9-10-20-2/h3-8,11,19H,9-10,12H2,1-2H3. The summed E-state index contributed by atoms with van der Waals surface area (Å²) in [7, 11) is 1.74. The Morgan fingerprint density at radius 3 is 2.70 bits per heavy atom. The van der Waals surface area contributed by atoms with E-state index in [1.54, 1.807) is 7.11 Å². The van der Waals surface area contributed by atoms with Crippen LogP contribution in [0.5, 0.6) is 0 Å². The van der Waals surface area contributed by atoms with E-state index in [4.69, 9.17) is 4.74 Å². The monoisotopic (exact) mass is 333 g/mol. The number of nitrogens with one attached hydrogen (secondary N) is 1. The number of hydrogen-bond donors (Lipinski definition) is 1. The fourth-order valence-corrected chi connectivity index (χ4v) is 2.49. The van der Waals surface area contributed by atoms with E-state index < -0.39 is 0 Å². The molecule has 20 heavy (non-hydrogen) atoms. The summed E-state index contributed by atoms with van der Waals surface area (Å²) in [5.41, 5.74) is 5.00. The third-order valence-electron chi connectivity index (χ3n) is 3.31. The Balaban J connectivity index is 2.04. The van der Waals surface area contributed by atoms with Gasteiger partial charge in [-0.3, -0.25) is 0 Å². The third-order valence-corrected chi connectivity index (χ3v) is 4.17. The van der Waals surface area contributed by atoms with E-state index in [9.17, 15) is 0 Å².